The van der Waals surface area contributed by atoms with E-state index >= 15 is 0 Å². The molecule has 0 aromatic heterocycles. The van der Waals surface area contributed by atoms with Crippen molar-refractivity contribution in [3.63, 3.8) is 0 Å². The molecule has 6 unspecified atom stereocenters. The number of allylic oxidation sites excluding steroid dienone is 1. The van der Waals surface area contributed by atoms with Crippen LogP contribution in [0.4, 0.5) is 0 Å². The molecule has 2 saturated carbocycles. The number of rotatable bonds is 19. The number of amides is 1. The summed E-state index contributed by atoms with van der Waals surface area (Å²) in [5, 5.41) is 24.8. The molecule has 0 saturated heterocycles. The van der Waals surface area contributed by atoms with Crippen molar-refractivity contribution in [1.29, 1.82) is 0 Å². The first-order valence-electron chi connectivity index (χ1n) is 22.0. The van der Waals surface area contributed by atoms with Gasteiger partial charge in [-0.2, -0.15) is 0 Å². The van der Waals surface area contributed by atoms with Crippen molar-refractivity contribution in [2.45, 2.75) is 115 Å². The van der Waals surface area contributed by atoms with E-state index in [0.717, 1.165) is 90.8 Å². The van der Waals surface area contributed by atoms with Crippen LogP contribution in [0.5, 0.6) is 17.2 Å². The minimum Gasteiger partial charge on any atom is -0.459 e. The number of hydrogen-bond donors (Lipinski definition) is 2. The molecular formula is C50H64N2O7. The van der Waals surface area contributed by atoms with Gasteiger partial charge in [-0.25, -0.2) is 0 Å². The van der Waals surface area contributed by atoms with E-state index in [9.17, 15) is 15.0 Å². The van der Waals surface area contributed by atoms with Crippen LogP contribution >= 0.6 is 0 Å². The highest BCUT2D eigenvalue weighted by Gasteiger charge is 2.65. The van der Waals surface area contributed by atoms with Crippen molar-refractivity contribution >= 4 is 11.6 Å². The lowest BCUT2D eigenvalue weighted by Crippen LogP contribution is -2.70. The van der Waals surface area contributed by atoms with Crippen molar-refractivity contribution in [3.8, 4) is 28.4 Å². The third-order valence-electron chi connectivity index (χ3n) is 12.3. The summed E-state index contributed by atoms with van der Waals surface area (Å²) >= 11 is 0. The number of benzene rings is 3. The maximum Gasteiger partial charge on any atom is 0.239 e. The van der Waals surface area contributed by atoms with Crippen molar-refractivity contribution in [2.24, 2.45) is 28.8 Å². The van der Waals surface area contributed by atoms with E-state index < -0.39 is 17.4 Å². The second-order valence-corrected chi connectivity index (χ2v) is 17.8. The van der Waals surface area contributed by atoms with Crippen molar-refractivity contribution in [2.75, 3.05) is 26.4 Å². The van der Waals surface area contributed by atoms with Gasteiger partial charge >= 0.3 is 0 Å². The Morgan fingerprint density at radius 3 is 2.31 bits per heavy atom. The Morgan fingerprint density at radius 2 is 1.64 bits per heavy atom. The maximum absolute atomic E-state index is 14.4. The molecule has 4 aliphatic rings. The summed E-state index contributed by atoms with van der Waals surface area (Å²) in [5.41, 5.74) is 4.62. The van der Waals surface area contributed by atoms with E-state index in [1.54, 1.807) is 6.08 Å². The number of aliphatic hydroxyl groups excluding tert-OH is 2. The Morgan fingerprint density at radius 1 is 0.949 bits per heavy atom. The lowest BCUT2D eigenvalue weighted by molar-refractivity contribution is -0.257. The third-order valence-corrected chi connectivity index (χ3v) is 12.3. The monoisotopic (exact) mass is 804 g/mol. The third kappa shape index (κ3) is 9.48. The van der Waals surface area contributed by atoms with Crippen LogP contribution in [0.2, 0.25) is 0 Å². The summed E-state index contributed by atoms with van der Waals surface area (Å²) in [7, 11) is 0. The molecule has 3 aromatic rings. The first-order valence-corrected chi connectivity index (χ1v) is 22.0. The van der Waals surface area contributed by atoms with Crippen LogP contribution in [0.3, 0.4) is 0 Å². The second-order valence-electron chi connectivity index (χ2n) is 17.8. The van der Waals surface area contributed by atoms with Gasteiger partial charge in [-0.05, 0) is 125 Å². The molecule has 9 heteroatoms. The Balaban J connectivity index is 1.40. The van der Waals surface area contributed by atoms with Gasteiger partial charge < -0.3 is 34.2 Å². The number of carbonyl (C=O) groups is 1. The first-order chi connectivity index (χ1) is 28.6. The number of aliphatic hydroxyl groups is 2. The summed E-state index contributed by atoms with van der Waals surface area (Å²) in [4.78, 5) is 22.7. The van der Waals surface area contributed by atoms with Crippen LogP contribution in [0.15, 0.2) is 102 Å². The van der Waals surface area contributed by atoms with E-state index in [4.69, 9.17) is 24.2 Å². The Labute approximate surface area is 351 Å². The molecule has 3 aliphatic carbocycles. The standard InChI is InChI=1S/C50H64N2O7/c1-6-27-52(48(55)36-19-20-36)45-33-43(51-59-49(3,4)5)41-31-37(17-11-13-28-53)40(18-12-14-29-54)46-42-32-39(25-26-44(42)58-50(45,47(41)46)56-30-7-2)57-38-23-21-35(22-24-38)34-15-9-8-10-16-34/h7-10,15-16,21-26,31-32,36-37,40,45-47,53-54H,2,6,11-14,17-20,27-30,33H2,1,3-5H3. The predicted molar refractivity (Wildman–Crippen MR) is 232 cm³/mol. The highest BCUT2D eigenvalue weighted by atomic mass is 16.7. The molecule has 1 heterocycles. The number of fused-ring (bicyclic) bond motifs is 2. The minimum atomic E-state index is -1.25. The van der Waals surface area contributed by atoms with Crippen molar-refractivity contribution in [1.82, 2.24) is 4.90 Å². The largest absolute Gasteiger partial charge is 0.459 e. The fraction of sp³-hybridized carbons (Fsp3) is 0.520. The smallest absolute Gasteiger partial charge is 0.239 e. The number of ether oxygens (including phenoxy) is 3. The van der Waals surface area contributed by atoms with Crippen LogP contribution in [0.25, 0.3) is 11.1 Å². The van der Waals surface area contributed by atoms with E-state index in [0.29, 0.717) is 25.1 Å². The topological polar surface area (TPSA) is 110 Å². The number of oxime groups is 1. The van der Waals surface area contributed by atoms with Crippen molar-refractivity contribution in [3.05, 3.63) is 103 Å². The molecule has 1 aliphatic heterocycles. The van der Waals surface area contributed by atoms with Gasteiger partial charge in [0.25, 0.3) is 0 Å². The summed E-state index contributed by atoms with van der Waals surface area (Å²) < 4.78 is 21.1. The summed E-state index contributed by atoms with van der Waals surface area (Å²) in [6.45, 7) is 13.2. The van der Waals surface area contributed by atoms with Crippen LogP contribution in [0, 0.1) is 23.7 Å². The Bertz CT molecular complexity index is 1950. The molecule has 0 radical (unpaired) electrons. The average molecular weight is 805 g/mol. The predicted octanol–water partition coefficient (Wildman–Crippen LogP) is 10.2. The van der Waals surface area contributed by atoms with Gasteiger partial charge in [0.1, 0.15) is 28.9 Å². The van der Waals surface area contributed by atoms with Crippen LogP contribution in [-0.4, -0.2) is 70.5 Å². The van der Waals surface area contributed by atoms with Crippen molar-refractivity contribution < 1.29 is 34.1 Å². The van der Waals surface area contributed by atoms with E-state index in [1.807, 2.05) is 68.1 Å². The molecule has 7 rings (SSSR count). The number of carbonyl (C=O) groups excluding carboxylic acids is 1. The van der Waals surface area contributed by atoms with Gasteiger partial charge in [0.15, 0.2) is 0 Å². The summed E-state index contributed by atoms with van der Waals surface area (Å²) in [6.07, 6.45) is 12.0. The Kier molecular flexibility index (Phi) is 13.6. The fourth-order valence-electron chi connectivity index (χ4n) is 9.61. The first kappa shape index (κ1) is 42.7. The van der Waals surface area contributed by atoms with Gasteiger partial charge in [-0.1, -0.05) is 79.5 Å². The second kappa shape index (κ2) is 18.9. The zero-order valence-electron chi connectivity index (χ0n) is 35.5. The van der Waals surface area contributed by atoms with Gasteiger partial charge in [0, 0.05) is 43.6 Å². The van der Waals surface area contributed by atoms with E-state index in [2.05, 4.69) is 49.9 Å². The van der Waals surface area contributed by atoms with E-state index in [1.165, 1.54) is 0 Å². The molecular weight excluding hydrogens is 741 g/mol. The summed E-state index contributed by atoms with van der Waals surface area (Å²) in [6, 6.07) is 24.1. The molecule has 2 fully saturated rings. The van der Waals surface area contributed by atoms with Crippen LogP contribution in [-0.2, 0) is 14.4 Å². The molecule has 6 atom stereocenters. The average Bonchev–Trinajstić information content (AvgIpc) is 4.09. The van der Waals surface area contributed by atoms with Gasteiger partial charge in [-0.15, -0.1) is 6.58 Å². The molecule has 0 spiro atoms. The molecule has 316 valence electrons. The summed E-state index contributed by atoms with van der Waals surface area (Å²) in [5.74, 6) is 0.858. The zero-order valence-corrected chi connectivity index (χ0v) is 35.5. The minimum absolute atomic E-state index is 0.00258. The van der Waals surface area contributed by atoms with Gasteiger partial charge in [-0.3, -0.25) is 4.79 Å². The zero-order chi connectivity index (χ0) is 41.6. The molecule has 2 N–H and O–H groups in total. The maximum atomic E-state index is 14.4. The number of nitrogens with zero attached hydrogens (tertiary/aromatic N) is 2. The molecule has 1 amide bonds. The molecule has 3 aromatic carbocycles. The normalized spacial score (nSPS) is 25.3. The SMILES string of the molecule is C=CCOC12Oc3ccc(Oc4ccc(-c5ccccc5)cc4)cc3C3C(CCCCO)C(CCCCO)C=C(C(=NOC(C)(C)C)CC1N(CCC)C(=O)C1CC1)C32. The van der Waals surface area contributed by atoms with Gasteiger partial charge in [0.05, 0.1) is 18.2 Å². The molecule has 59 heavy (non-hydrogen) atoms. The fourth-order valence-corrected chi connectivity index (χ4v) is 9.61. The highest BCUT2D eigenvalue weighted by molar-refractivity contribution is 6.03. The van der Waals surface area contributed by atoms with Crippen LogP contribution < -0.4 is 9.47 Å². The lowest BCUT2D eigenvalue weighted by Gasteiger charge is -2.60. The quantitative estimate of drug-likeness (QED) is 0.0705. The molecule has 9 nitrogen and oxygen atoms in total. The van der Waals surface area contributed by atoms with Gasteiger partial charge in [0.2, 0.25) is 11.7 Å². The van der Waals surface area contributed by atoms with Crippen LogP contribution in [0.1, 0.15) is 103 Å². The van der Waals surface area contributed by atoms with E-state index in [-0.39, 0.29) is 55.3 Å². The Hall–Kier alpha value is -4.44. The number of unbranched alkanes of at least 4 members (excludes halogenated alkanes) is 2. The molecule has 0 bridgehead atoms. The number of hydrogen-bond acceptors (Lipinski definition) is 8. The lowest BCUT2D eigenvalue weighted by atomic mass is 9.55. The highest BCUT2D eigenvalue weighted by Crippen LogP contribution is 2.62.